The summed E-state index contributed by atoms with van der Waals surface area (Å²) in [5.41, 5.74) is 1.13. The van der Waals surface area contributed by atoms with Gasteiger partial charge in [0.1, 0.15) is 17.2 Å². The van der Waals surface area contributed by atoms with Gasteiger partial charge in [0.05, 0.1) is 28.8 Å². The minimum absolute atomic E-state index is 0.121. The third kappa shape index (κ3) is 5.72. The van der Waals surface area contributed by atoms with Crippen molar-refractivity contribution in [3.05, 3.63) is 81.8 Å². The first-order chi connectivity index (χ1) is 17.9. The average Bonchev–Trinajstić information content (AvgIpc) is 3.47. The van der Waals surface area contributed by atoms with Crippen molar-refractivity contribution >= 4 is 46.6 Å². The lowest BCUT2D eigenvalue weighted by atomic mass is 10.1. The summed E-state index contributed by atoms with van der Waals surface area (Å²) < 4.78 is 17.0. The van der Waals surface area contributed by atoms with E-state index in [0.29, 0.717) is 50.7 Å². The molecule has 2 aliphatic rings. The first-order valence-electron chi connectivity index (χ1n) is 11.6. The molecule has 1 unspecified atom stereocenters. The Balaban J connectivity index is 1.21. The molecule has 3 aromatic carbocycles. The summed E-state index contributed by atoms with van der Waals surface area (Å²) in [5, 5.41) is 3.51. The third-order valence-electron chi connectivity index (χ3n) is 5.96. The van der Waals surface area contributed by atoms with E-state index in [9.17, 15) is 14.4 Å². The number of benzene rings is 3. The van der Waals surface area contributed by atoms with Crippen molar-refractivity contribution in [3.8, 4) is 17.2 Å². The van der Waals surface area contributed by atoms with Gasteiger partial charge in [0.25, 0.3) is 17.7 Å². The van der Waals surface area contributed by atoms with E-state index in [0.717, 1.165) is 12.8 Å². The zero-order valence-electron chi connectivity index (χ0n) is 19.5. The van der Waals surface area contributed by atoms with Gasteiger partial charge in [-0.25, -0.2) is 0 Å². The fourth-order valence-electron chi connectivity index (χ4n) is 4.20. The molecular formula is C27H22Cl2N2O6. The van der Waals surface area contributed by atoms with Crippen molar-refractivity contribution in [2.75, 3.05) is 25.1 Å². The number of nitrogens with one attached hydrogen (secondary N) is 1. The number of halogens is 2. The van der Waals surface area contributed by atoms with Gasteiger partial charge in [0.2, 0.25) is 0 Å². The van der Waals surface area contributed by atoms with E-state index in [-0.39, 0.29) is 31.1 Å². The molecule has 8 nitrogen and oxygen atoms in total. The second-order valence-corrected chi connectivity index (χ2v) is 9.45. The predicted octanol–water partition coefficient (Wildman–Crippen LogP) is 5.58. The molecule has 190 valence electrons. The standard InChI is InChI=1S/C27H22Cl2N2O6/c28-16-6-9-24(23(29)11-16)36-15-25(32)30-17-3-1-4-18(12-17)37-19-7-8-21-22(13-19)27(34)31(26(21)33)14-20-5-2-10-35-20/h1,3-4,6-9,11-13,20H,2,5,10,14-15H2,(H,30,32). The molecule has 0 saturated carbocycles. The normalized spacial score (nSPS) is 16.6. The van der Waals surface area contributed by atoms with E-state index in [1.807, 2.05) is 0 Å². The number of hydrogen-bond donors (Lipinski definition) is 1. The van der Waals surface area contributed by atoms with E-state index in [1.165, 1.54) is 11.0 Å². The molecule has 2 aliphatic heterocycles. The number of amides is 3. The van der Waals surface area contributed by atoms with Gasteiger partial charge >= 0.3 is 0 Å². The maximum absolute atomic E-state index is 12.9. The summed E-state index contributed by atoms with van der Waals surface area (Å²) in [6.07, 6.45) is 1.63. The van der Waals surface area contributed by atoms with Crippen LogP contribution in [0.3, 0.4) is 0 Å². The molecule has 1 atom stereocenters. The lowest BCUT2D eigenvalue weighted by Crippen LogP contribution is -2.36. The molecule has 0 radical (unpaired) electrons. The average molecular weight is 541 g/mol. The largest absolute Gasteiger partial charge is 0.482 e. The van der Waals surface area contributed by atoms with Crippen LogP contribution in [0.5, 0.6) is 17.2 Å². The van der Waals surface area contributed by atoms with Crippen molar-refractivity contribution in [1.29, 1.82) is 0 Å². The van der Waals surface area contributed by atoms with Gasteiger partial charge < -0.3 is 19.5 Å². The molecule has 0 aromatic heterocycles. The Morgan fingerprint density at radius 3 is 2.59 bits per heavy atom. The van der Waals surface area contributed by atoms with Crippen molar-refractivity contribution in [2.24, 2.45) is 0 Å². The molecule has 1 N–H and O–H groups in total. The Kier molecular flexibility index (Phi) is 7.32. The third-order valence-corrected chi connectivity index (χ3v) is 6.49. The molecular weight excluding hydrogens is 519 g/mol. The van der Waals surface area contributed by atoms with Gasteiger partial charge in [-0.15, -0.1) is 0 Å². The lowest BCUT2D eigenvalue weighted by Gasteiger charge is -2.17. The fourth-order valence-corrected chi connectivity index (χ4v) is 4.66. The quantitative estimate of drug-likeness (QED) is 0.375. The van der Waals surface area contributed by atoms with Crippen LogP contribution in [0.4, 0.5) is 5.69 Å². The van der Waals surface area contributed by atoms with Crippen LogP contribution >= 0.6 is 23.2 Å². The first-order valence-corrected chi connectivity index (χ1v) is 12.4. The van der Waals surface area contributed by atoms with Crippen LogP contribution in [-0.2, 0) is 9.53 Å². The van der Waals surface area contributed by atoms with Gasteiger partial charge in [-0.3, -0.25) is 19.3 Å². The second kappa shape index (κ2) is 10.8. The van der Waals surface area contributed by atoms with Crippen molar-refractivity contribution in [1.82, 2.24) is 4.90 Å². The van der Waals surface area contributed by atoms with Gasteiger partial charge in [-0.05, 0) is 61.4 Å². The number of anilines is 1. The summed E-state index contributed by atoms with van der Waals surface area (Å²) in [6, 6.07) is 16.3. The lowest BCUT2D eigenvalue weighted by molar-refractivity contribution is -0.118. The molecule has 3 aromatic rings. The summed E-state index contributed by atoms with van der Waals surface area (Å²) in [6.45, 7) is 0.642. The van der Waals surface area contributed by atoms with Crippen LogP contribution < -0.4 is 14.8 Å². The summed E-state index contributed by atoms with van der Waals surface area (Å²) >= 11 is 11.9. The first kappa shape index (κ1) is 25.1. The van der Waals surface area contributed by atoms with Gasteiger partial charge in [-0.2, -0.15) is 0 Å². The number of hydrogen-bond acceptors (Lipinski definition) is 6. The number of fused-ring (bicyclic) bond motifs is 1. The Bertz CT molecular complexity index is 1370. The molecule has 3 amide bonds. The molecule has 0 bridgehead atoms. The number of carbonyl (C=O) groups excluding carboxylic acids is 3. The summed E-state index contributed by atoms with van der Waals surface area (Å²) in [7, 11) is 0. The number of imide groups is 1. The number of ether oxygens (including phenoxy) is 3. The SMILES string of the molecule is O=C(COc1ccc(Cl)cc1Cl)Nc1cccc(Oc2ccc3c(c2)C(=O)N(CC2CCCO2)C3=O)c1. The Morgan fingerprint density at radius 2 is 1.81 bits per heavy atom. The number of carbonyl (C=O) groups is 3. The monoisotopic (exact) mass is 540 g/mol. The minimum Gasteiger partial charge on any atom is -0.482 e. The van der Waals surface area contributed by atoms with Crippen LogP contribution in [0.25, 0.3) is 0 Å². The smallest absolute Gasteiger partial charge is 0.262 e. The molecule has 10 heteroatoms. The minimum atomic E-state index is -0.392. The van der Waals surface area contributed by atoms with Crippen molar-refractivity contribution < 1.29 is 28.6 Å². The van der Waals surface area contributed by atoms with E-state index < -0.39 is 5.91 Å². The van der Waals surface area contributed by atoms with Crippen LogP contribution in [0.2, 0.25) is 10.0 Å². The highest BCUT2D eigenvalue weighted by atomic mass is 35.5. The van der Waals surface area contributed by atoms with Crippen LogP contribution in [-0.4, -0.2) is 48.5 Å². The number of nitrogens with zero attached hydrogens (tertiary/aromatic N) is 1. The Morgan fingerprint density at radius 1 is 1.00 bits per heavy atom. The topological polar surface area (TPSA) is 94.2 Å². The van der Waals surface area contributed by atoms with E-state index in [4.69, 9.17) is 37.4 Å². The molecule has 0 spiro atoms. The highest BCUT2D eigenvalue weighted by Gasteiger charge is 2.37. The molecule has 1 fully saturated rings. The Labute approximate surface area is 223 Å². The molecule has 5 rings (SSSR count). The summed E-state index contributed by atoms with van der Waals surface area (Å²) in [5.74, 6) is 0.0977. The Hall–Kier alpha value is -3.59. The molecule has 1 saturated heterocycles. The maximum atomic E-state index is 12.9. The van der Waals surface area contributed by atoms with Crippen LogP contribution in [0.1, 0.15) is 33.6 Å². The number of rotatable bonds is 8. The molecule has 0 aliphatic carbocycles. The molecule has 2 heterocycles. The summed E-state index contributed by atoms with van der Waals surface area (Å²) in [4.78, 5) is 39.2. The van der Waals surface area contributed by atoms with E-state index >= 15 is 0 Å². The van der Waals surface area contributed by atoms with Crippen LogP contribution in [0.15, 0.2) is 60.7 Å². The van der Waals surface area contributed by atoms with E-state index in [1.54, 1.807) is 54.6 Å². The zero-order chi connectivity index (χ0) is 25.9. The predicted molar refractivity (Wildman–Crippen MR) is 138 cm³/mol. The van der Waals surface area contributed by atoms with Gasteiger partial charge in [0.15, 0.2) is 6.61 Å². The van der Waals surface area contributed by atoms with Crippen molar-refractivity contribution in [2.45, 2.75) is 18.9 Å². The van der Waals surface area contributed by atoms with Crippen molar-refractivity contribution in [3.63, 3.8) is 0 Å². The second-order valence-electron chi connectivity index (χ2n) is 8.60. The zero-order valence-corrected chi connectivity index (χ0v) is 21.1. The fraction of sp³-hybridized carbons (Fsp3) is 0.222. The van der Waals surface area contributed by atoms with Gasteiger partial charge in [0, 0.05) is 23.4 Å². The van der Waals surface area contributed by atoms with Gasteiger partial charge in [-0.1, -0.05) is 29.3 Å². The highest BCUT2D eigenvalue weighted by molar-refractivity contribution is 6.35. The maximum Gasteiger partial charge on any atom is 0.262 e. The highest BCUT2D eigenvalue weighted by Crippen LogP contribution is 2.31. The van der Waals surface area contributed by atoms with E-state index in [2.05, 4.69) is 5.32 Å². The molecule has 37 heavy (non-hydrogen) atoms. The van der Waals surface area contributed by atoms with Crippen LogP contribution in [0, 0.1) is 0 Å².